The number of hydrogen-bond acceptors (Lipinski definition) is 6. The predicted octanol–water partition coefficient (Wildman–Crippen LogP) is 5.04. The number of nitrogens with one attached hydrogen (secondary N) is 1. The van der Waals surface area contributed by atoms with Gasteiger partial charge in [0.1, 0.15) is 0 Å². The molecule has 1 N–H and O–H groups in total. The zero-order chi connectivity index (χ0) is 23.7. The van der Waals surface area contributed by atoms with Gasteiger partial charge in [-0.2, -0.15) is 5.26 Å². The van der Waals surface area contributed by atoms with Crippen molar-refractivity contribution in [2.75, 3.05) is 26.8 Å². The summed E-state index contributed by atoms with van der Waals surface area (Å²) in [5.74, 6) is 1.56. The van der Waals surface area contributed by atoms with Gasteiger partial charge in [0.25, 0.3) is 0 Å². The third-order valence-electron chi connectivity index (χ3n) is 5.89. The van der Waals surface area contributed by atoms with E-state index in [0.717, 1.165) is 55.2 Å². The van der Waals surface area contributed by atoms with Crippen LogP contribution in [0.15, 0.2) is 53.4 Å². The standard InChI is InChI=1S/C26H33N3O3S/c1-26(2,15-6-18-32-24-8-5-4-7-23(24)31-3)25(30)28-21-13-16-29(17-14-21)33-22-11-9-20(19-27)10-12-22/h4-5,7-12,21H,6,13-18H2,1-3H3,(H,28,30). The molecule has 1 aliphatic rings. The Morgan fingerprint density at radius 1 is 1.15 bits per heavy atom. The summed E-state index contributed by atoms with van der Waals surface area (Å²) < 4.78 is 13.5. The lowest BCUT2D eigenvalue weighted by atomic mass is 9.86. The number of nitrogens with zero attached hydrogens (tertiary/aromatic N) is 2. The van der Waals surface area contributed by atoms with Gasteiger partial charge >= 0.3 is 0 Å². The van der Waals surface area contributed by atoms with Crippen molar-refractivity contribution in [1.82, 2.24) is 9.62 Å². The number of hydrogen-bond donors (Lipinski definition) is 1. The summed E-state index contributed by atoms with van der Waals surface area (Å²) in [5, 5.41) is 12.2. The van der Waals surface area contributed by atoms with Gasteiger partial charge in [-0.3, -0.25) is 4.79 Å². The molecule has 33 heavy (non-hydrogen) atoms. The molecule has 0 unspecified atom stereocenters. The van der Waals surface area contributed by atoms with Crippen LogP contribution >= 0.6 is 11.9 Å². The molecule has 176 valence electrons. The fourth-order valence-corrected chi connectivity index (χ4v) is 4.71. The number of ether oxygens (including phenoxy) is 2. The second kappa shape index (κ2) is 12.0. The van der Waals surface area contributed by atoms with Gasteiger partial charge in [0.2, 0.25) is 5.91 Å². The zero-order valence-corrected chi connectivity index (χ0v) is 20.5. The van der Waals surface area contributed by atoms with E-state index in [1.54, 1.807) is 19.1 Å². The van der Waals surface area contributed by atoms with Crippen molar-refractivity contribution < 1.29 is 14.3 Å². The van der Waals surface area contributed by atoms with Gasteiger partial charge in [0, 0.05) is 29.4 Å². The average Bonchev–Trinajstić information content (AvgIpc) is 2.83. The number of carbonyl (C=O) groups excluding carboxylic acids is 1. The molecule has 0 spiro atoms. The number of para-hydroxylation sites is 2. The van der Waals surface area contributed by atoms with Crippen LogP contribution in [0.25, 0.3) is 0 Å². The highest BCUT2D eigenvalue weighted by atomic mass is 32.2. The van der Waals surface area contributed by atoms with Crippen molar-refractivity contribution >= 4 is 17.9 Å². The molecule has 0 bridgehead atoms. The molecule has 0 aromatic heterocycles. The lowest BCUT2D eigenvalue weighted by Crippen LogP contribution is -2.47. The second-order valence-corrected chi connectivity index (χ2v) is 10.1. The summed E-state index contributed by atoms with van der Waals surface area (Å²) in [7, 11) is 1.63. The molecular formula is C26H33N3O3S. The van der Waals surface area contributed by atoms with E-state index in [0.29, 0.717) is 12.2 Å². The number of amides is 1. The van der Waals surface area contributed by atoms with Crippen molar-refractivity contribution in [1.29, 1.82) is 5.26 Å². The van der Waals surface area contributed by atoms with E-state index in [4.69, 9.17) is 14.7 Å². The summed E-state index contributed by atoms with van der Waals surface area (Å²) in [6.45, 7) is 6.39. The molecule has 1 amide bonds. The maximum atomic E-state index is 12.9. The van der Waals surface area contributed by atoms with Crippen LogP contribution < -0.4 is 14.8 Å². The maximum Gasteiger partial charge on any atom is 0.225 e. The van der Waals surface area contributed by atoms with Crippen LogP contribution in [0, 0.1) is 16.7 Å². The highest BCUT2D eigenvalue weighted by Gasteiger charge is 2.30. The monoisotopic (exact) mass is 467 g/mol. The van der Waals surface area contributed by atoms with Crippen LogP contribution in [-0.2, 0) is 4.79 Å². The Kier molecular flexibility index (Phi) is 9.04. The first kappa shape index (κ1) is 24.9. The minimum Gasteiger partial charge on any atom is -0.493 e. The molecule has 0 aliphatic carbocycles. The number of nitriles is 1. The van der Waals surface area contributed by atoms with Gasteiger partial charge < -0.3 is 14.8 Å². The highest BCUT2D eigenvalue weighted by molar-refractivity contribution is 7.97. The summed E-state index contributed by atoms with van der Waals surface area (Å²) in [6.07, 6.45) is 3.41. The zero-order valence-electron chi connectivity index (χ0n) is 19.7. The number of benzene rings is 2. The Labute approximate surface area is 201 Å². The van der Waals surface area contributed by atoms with Gasteiger partial charge in [-0.05, 0) is 74.0 Å². The topological polar surface area (TPSA) is 74.6 Å². The van der Waals surface area contributed by atoms with Gasteiger partial charge in [0.15, 0.2) is 11.5 Å². The third-order valence-corrected chi connectivity index (χ3v) is 7.00. The first-order valence-corrected chi connectivity index (χ1v) is 12.2. The Hall–Kier alpha value is -2.69. The van der Waals surface area contributed by atoms with Crippen LogP contribution in [-0.4, -0.2) is 43.1 Å². The fraction of sp³-hybridized carbons (Fsp3) is 0.462. The normalized spacial score (nSPS) is 15.0. The molecule has 0 saturated carbocycles. The molecule has 1 saturated heterocycles. The largest absolute Gasteiger partial charge is 0.493 e. The summed E-state index contributed by atoms with van der Waals surface area (Å²) >= 11 is 1.71. The molecule has 2 aromatic rings. The van der Waals surface area contributed by atoms with E-state index < -0.39 is 5.41 Å². The second-order valence-electron chi connectivity index (χ2n) is 8.89. The Morgan fingerprint density at radius 2 is 1.82 bits per heavy atom. The number of methoxy groups -OCH3 is 1. The third kappa shape index (κ3) is 7.41. The van der Waals surface area contributed by atoms with E-state index in [1.807, 2.05) is 62.4 Å². The van der Waals surface area contributed by atoms with Crippen molar-refractivity contribution in [3.63, 3.8) is 0 Å². The quantitative estimate of drug-likeness (QED) is 0.390. The van der Waals surface area contributed by atoms with E-state index in [2.05, 4.69) is 15.7 Å². The Balaban J connectivity index is 1.37. The molecule has 7 heteroatoms. The van der Waals surface area contributed by atoms with Crippen LogP contribution in [0.1, 0.15) is 45.1 Å². The highest BCUT2D eigenvalue weighted by Crippen LogP contribution is 2.29. The molecule has 1 heterocycles. The lowest BCUT2D eigenvalue weighted by Gasteiger charge is -2.33. The molecular weight excluding hydrogens is 434 g/mol. The Morgan fingerprint density at radius 3 is 2.45 bits per heavy atom. The first-order chi connectivity index (χ1) is 15.9. The molecule has 0 atom stereocenters. The van der Waals surface area contributed by atoms with Crippen LogP contribution in [0.4, 0.5) is 0 Å². The predicted molar refractivity (Wildman–Crippen MR) is 131 cm³/mol. The van der Waals surface area contributed by atoms with E-state index >= 15 is 0 Å². The maximum absolute atomic E-state index is 12.9. The van der Waals surface area contributed by atoms with Crippen LogP contribution in [0.5, 0.6) is 11.5 Å². The van der Waals surface area contributed by atoms with E-state index in [1.165, 1.54) is 0 Å². The van der Waals surface area contributed by atoms with E-state index in [9.17, 15) is 4.79 Å². The van der Waals surface area contributed by atoms with E-state index in [-0.39, 0.29) is 11.9 Å². The van der Waals surface area contributed by atoms with Gasteiger partial charge in [-0.25, -0.2) is 4.31 Å². The Bertz CT molecular complexity index is 948. The van der Waals surface area contributed by atoms with Crippen molar-refractivity contribution in [2.45, 2.75) is 50.5 Å². The van der Waals surface area contributed by atoms with Gasteiger partial charge in [-0.15, -0.1) is 0 Å². The van der Waals surface area contributed by atoms with Crippen LogP contribution in [0.2, 0.25) is 0 Å². The van der Waals surface area contributed by atoms with Crippen molar-refractivity contribution in [3.05, 3.63) is 54.1 Å². The number of rotatable bonds is 10. The lowest BCUT2D eigenvalue weighted by molar-refractivity contribution is -0.130. The summed E-state index contributed by atoms with van der Waals surface area (Å²) in [4.78, 5) is 14.0. The first-order valence-electron chi connectivity index (χ1n) is 11.4. The molecule has 2 aromatic carbocycles. The van der Waals surface area contributed by atoms with Gasteiger partial charge in [-0.1, -0.05) is 26.0 Å². The molecule has 3 rings (SSSR count). The van der Waals surface area contributed by atoms with Crippen LogP contribution in [0.3, 0.4) is 0 Å². The fourth-order valence-electron chi connectivity index (χ4n) is 3.76. The number of carbonyl (C=O) groups is 1. The molecule has 1 aliphatic heterocycles. The summed E-state index contributed by atoms with van der Waals surface area (Å²) in [6, 6.07) is 17.6. The van der Waals surface area contributed by atoms with Crippen molar-refractivity contribution in [2.24, 2.45) is 5.41 Å². The molecule has 0 radical (unpaired) electrons. The summed E-state index contributed by atoms with van der Waals surface area (Å²) in [5.41, 5.74) is 0.230. The SMILES string of the molecule is COc1ccccc1OCCCC(C)(C)C(=O)NC1CCN(Sc2ccc(C#N)cc2)CC1. The minimum absolute atomic E-state index is 0.109. The van der Waals surface area contributed by atoms with Crippen molar-refractivity contribution in [3.8, 4) is 17.6 Å². The molecule has 1 fully saturated rings. The smallest absolute Gasteiger partial charge is 0.225 e. The average molecular weight is 468 g/mol. The minimum atomic E-state index is -0.446. The number of piperidine rings is 1. The molecule has 6 nitrogen and oxygen atoms in total. The van der Waals surface area contributed by atoms with Gasteiger partial charge in [0.05, 0.1) is 25.3 Å².